The molecule has 0 radical (unpaired) electrons. The molecule has 3 rings (SSSR count). The van der Waals surface area contributed by atoms with E-state index in [9.17, 15) is 9.59 Å². The highest BCUT2D eigenvalue weighted by atomic mass is 16.5. The fraction of sp³-hybridized carbons (Fsp3) is 0.333. The Morgan fingerprint density at radius 3 is 2.67 bits per heavy atom. The average molecular weight is 368 g/mol. The average Bonchev–Trinajstić information content (AvgIpc) is 3.14. The molecular formula is C21H24N2O4. The first kappa shape index (κ1) is 18.9. The number of carbonyl (C=O) groups excluding carboxylic acids is 1. The molecule has 6 heteroatoms. The van der Waals surface area contributed by atoms with Gasteiger partial charge in [-0.3, -0.25) is 9.69 Å². The van der Waals surface area contributed by atoms with Gasteiger partial charge < -0.3 is 15.2 Å². The van der Waals surface area contributed by atoms with Crippen LogP contribution in [0, 0.1) is 0 Å². The van der Waals surface area contributed by atoms with E-state index in [0.29, 0.717) is 12.3 Å². The molecule has 6 nitrogen and oxygen atoms in total. The van der Waals surface area contributed by atoms with Gasteiger partial charge in [-0.05, 0) is 42.6 Å². The second-order valence-electron chi connectivity index (χ2n) is 6.67. The second-order valence-corrected chi connectivity index (χ2v) is 6.67. The maximum atomic E-state index is 12.7. The molecule has 0 unspecified atom stereocenters. The van der Waals surface area contributed by atoms with Crippen LogP contribution in [0.3, 0.4) is 0 Å². The number of benzene rings is 2. The van der Waals surface area contributed by atoms with Gasteiger partial charge in [-0.25, -0.2) is 4.79 Å². The molecule has 1 amide bonds. The van der Waals surface area contributed by atoms with Crippen molar-refractivity contribution >= 4 is 11.9 Å². The largest absolute Gasteiger partial charge is 0.496 e. The Kier molecular flexibility index (Phi) is 6.08. The van der Waals surface area contributed by atoms with Crippen molar-refractivity contribution in [3.8, 4) is 5.75 Å². The molecule has 1 fully saturated rings. The topological polar surface area (TPSA) is 78.9 Å². The summed E-state index contributed by atoms with van der Waals surface area (Å²) in [5.74, 6) is -0.740. The van der Waals surface area contributed by atoms with Crippen LogP contribution in [-0.2, 0) is 17.9 Å². The first-order valence-corrected chi connectivity index (χ1v) is 9.04. The number of carboxylic acids is 1. The molecule has 0 spiro atoms. The number of hydrogen-bond donors (Lipinski definition) is 2. The lowest BCUT2D eigenvalue weighted by Gasteiger charge is -2.23. The summed E-state index contributed by atoms with van der Waals surface area (Å²) < 4.78 is 5.14. The highest BCUT2D eigenvalue weighted by Crippen LogP contribution is 2.22. The number of rotatable bonds is 7. The summed E-state index contributed by atoms with van der Waals surface area (Å²) in [5, 5.41) is 12.1. The van der Waals surface area contributed by atoms with Gasteiger partial charge in [0.15, 0.2) is 0 Å². The van der Waals surface area contributed by atoms with Crippen LogP contribution < -0.4 is 10.1 Å². The van der Waals surface area contributed by atoms with Crippen LogP contribution in [0.4, 0.5) is 0 Å². The molecule has 2 N–H and O–H groups in total. The quantitative estimate of drug-likeness (QED) is 0.786. The van der Waals surface area contributed by atoms with Crippen molar-refractivity contribution in [2.24, 2.45) is 0 Å². The van der Waals surface area contributed by atoms with Crippen molar-refractivity contribution in [2.45, 2.75) is 32.0 Å². The Morgan fingerprint density at radius 1 is 1.19 bits per heavy atom. The van der Waals surface area contributed by atoms with Gasteiger partial charge in [-0.1, -0.05) is 36.4 Å². The van der Waals surface area contributed by atoms with E-state index in [-0.39, 0.29) is 17.5 Å². The Morgan fingerprint density at radius 2 is 1.96 bits per heavy atom. The molecular weight excluding hydrogens is 344 g/mol. The standard InChI is InChI=1S/C21H24N2O4/c1-27-19-12-16(9-10-17(19)21(25)26)13-22-20(24)18-8-5-11-23(18)14-15-6-3-2-4-7-15/h2-4,6-7,9-10,12,18H,5,8,11,13-14H2,1H3,(H,22,24)(H,25,26)/t18-/m1/s1. The molecule has 0 bridgehead atoms. The zero-order valence-corrected chi connectivity index (χ0v) is 15.4. The highest BCUT2D eigenvalue weighted by molar-refractivity contribution is 5.91. The van der Waals surface area contributed by atoms with E-state index in [1.165, 1.54) is 18.7 Å². The first-order chi connectivity index (χ1) is 13.1. The lowest BCUT2D eigenvalue weighted by Crippen LogP contribution is -2.42. The SMILES string of the molecule is COc1cc(CNC(=O)[C@H]2CCCN2Cc2ccccc2)ccc1C(=O)O. The third-order valence-corrected chi connectivity index (χ3v) is 4.86. The van der Waals surface area contributed by atoms with Crippen molar-refractivity contribution in [1.82, 2.24) is 10.2 Å². The van der Waals surface area contributed by atoms with E-state index in [4.69, 9.17) is 9.84 Å². The van der Waals surface area contributed by atoms with Crippen LogP contribution in [0.5, 0.6) is 5.75 Å². The van der Waals surface area contributed by atoms with Crippen LogP contribution >= 0.6 is 0 Å². The van der Waals surface area contributed by atoms with Gasteiger partial charge in [-0.15, -0.1) is 0 Å². The molecule has 1 atom stereocenters. The van der Waals surface area contributed by atoms with Gasteiger partial charge in [0.25, 0.3) is 0 Å². The van der Waals surface area contributed by atoms with Gasteiger partial charge in [-0.2, -0.15) is 0 Å². The van der Waals surface area contributed by atoms with E-state index in [0.717, 1.165) is 31.5 Å². The smallest absolute Gasteiger partial charge is 0.339 e. The molecule has 2 aromatic carbocycles. The minimum absolute atomic E-state index is 0.00436. The number of methoxy groups -OCH3 is 1. The molecule has 1 heterocycles. The van der Waals surface area contributed by atoms with Gasteiger partial charge >= 0.3 is 5.97 Å². The first-order valence-electron chi connectivity index (χ1n) is 9.04. The zero-order valence-electron chi connectivity index (χ0n) is 15.4. The maximum absolute atomic E-state index is 12.7. The number of hydrogen-bond acceptors (Lipinski definition) is 4. The molecule has 1 saturated heterocycles. The fourth-order valence-corrected chi connectivity index (χ4v) is 3.46. The van der Waals surface area contributed by atoms with Crippen molar-refractivity contribution < 1.29 is 19.4 Å². The monoisotopic (exact) mass is 368 g/mol. The number of carbonyl (C=O) groups is 2. The van der Waals surface area contributed by atoms with E-state index < -0.39 is 5.97 Å². The van der Waals surface area contributed by atoms with Crippen LogP contribution in [0.15, 0.2) is 48.5 Å². The summed E-state index contributed by atoms with van der Waals surface area (Å²) >= 11 is 0. The summed E-state index contributed by atoms with van der Waals surface area (Å²) in [5.41, 5.74) is 2.11. The number of aromatic carboxylic acids is 1. The molecule has 27 heavy (non-hydrogen) atoms. The van der Waals surface area contributed by atoms with Crippen LogP contribution in [-0.4, -0.2) is 41.6 Å². The highest BCUT2D eigenvalue weighted by Gasteiger charge is 2.30. The normalized spacial score (nSPS) is 16.9. The number of likely N-dealkylation sites (tertiary alicyclic amines) is 1. The van der Waals surface area contributed by atoms with Crippen molar-refractivity contribution in [3.63, 3.8) is 0 Å². The predicted octanol–water partition coefficient (Wildman–Crippen LogP) is 2.67. The summed E-state index contributed by atoms with van der Waals surface area (Å²) in [4.78, 5) is 26.0. The molecule has 0 aromatic heterocycles. The number of carboxylic acid groups (broad SMARTS) is 1. The van der Waals surface area contributed by atoms with E-state index >= 15 is 0 Å². The number of nitrogens with zero attached hydrogens (tertiary/aromatic N) is 1. The Bertz CT molecular complexity index is 807. The minimum atomic E-state index is -1.04. The zero-order chi connectivity index (χ0) is 19.2. The molecule has 1 aliphatic rings. The van der Waals surface area contributed by atoms with Crippen molar-refractivity contribution in [1.29, 1.82) is 0 Å². The Labute approximate surface area is 158 Å². The Hall–Kier alpha value is -2.86. The number of amides is 1. The van der Waals surface area contributed by atoms with Gasteiger partial charge in [0.1, 0.15) is 11.3 Å². The summed E-state index contributed by atoms with van der Waals surface area (Å²) in [6, 6.07) is 14.9. The van der Waals surface area contributed by atoms with Crippen LogP contribution in [0.2, 0.25) is 0 Å². The van der Waals surface area contributed by atoms with Gasteiger partial charge in [0, 0.05) is 13.1 Å². The van der Waals surface area contributed by atoms with Crippen molar-refractivity contribution in [2.75, 3.05) is 13.7 Å². The molecule has 0 aliphatic carbocycles. The molecule has 2 aromatic rings. The number of nitrogens with one attached hydrogen (secondary N) is 1. The van der Waals surface area contributed by atoms with Gasteiger partial charge in [0.05, 0.1) is 13.2 Å². The minimum Gasteiger partial charge on any atom is -0.496 e. The third kappa shape index (κ3) is 4.65. The van der Waals surface area contributed by atoms with E-state index in [1.807, 2.05) is 18.2 Å². The van der Waals surface area contributed by atoms with Crippen LogP contribution in [0.25, 0.3) is 0 Å². The lowest BCUT2D eigenvalue weighted by atomic mass is 10.1. The predicted molar refractivity (Wildman–Crippen MR) is 102 cm³/mol. The maximum Gasteiger partial charge on any atom is 0.339 e. The molecule has 0 saturated carbocycles. The molecule has 1 aliphatic heterocycles. The number of ether oxygens (including phenoxy) is 1. The Balaban J connectivity index is 1.60. The summed E-state index contributed by atoms with van der Waals surface area (Å²) in [6.45, 7) is 2.01. The van der Waals surface area contributed by atoms with Crippen molar-refractivity contribution in [3.05, 3.63) is 65.2 Å². The second kappa shape index (κ2) is 8.68. The fourth-order valence-electron chi connectivity index (χ4n) is 3.46. The lowest BCUT2D eigenvalue weighted by molar-refractivity contribution is -0.125. The third-order valence-electron chi connectivity index (χ3n) is 4.86. The van der Waals surface area contributed by atoms with Gasteiger partial charge in [0.2, 0.25) is 5.91 Å². The summed E-state index contributed by atoms with van der Waals surface area (Å²) in [6.07, 6.45) is 1.85. The molecule has 142 valence electrons. The van der Waals surface area contributed by atoms with E-state index in [2.05, 4.69) is 22.3 Å². The van der Waals surface area contributed by atoms with Crippen LogP contribution in [0.1, 0.15) is 34.3 Å². The summed E-state index contributed by atoms with van der Waals surface area (Å²) in [7, 11) is 1.43. The van der Waals surface area contributed by atoms with E-state index in [1.54, 1.807) is 12.1 Å².